The summed E-state index contributed by atoms with van der Waals surface area (Å²) in [6, 6.07) is 17.2. The minimum absolute atomic E-state index is 0. The van der Waals surface area contributed by atoms with Crippen molar-refractivity contribution in [1.82, 2.24) is 0 Å². The second-order valence-corrected chi connectivity index (χ2v) is 3.39. The van der Waals surface area contributed by atoms with E-state index < -0.39 is 11.6 Å². The molecule has 2 aromatic carbocycles. The van der Waals surface area contributed by atoms with Crippen LogP contribution in [0.5, 0.6) is 0 Å². The second kappa shape index (κ2) is 5.75. The number of carbonyl (C=O) groups excluding carboxylic acids is 2. The van der Waals surface area contributed by atoms with Gasteiger partial charge in [0.1, 0.15) is 0 Å². The highest BCUT2D eigenvalue weighted by atomic mass is 16.2. The highest BCUT2D eigenvalue weighted by Crippen LogP contribution is 2.07. The summed E-state index contributed by atoms with van der Waals surface area (Å²) in [5, 5.41) is 0. The van der Waals surface area contributed by atoms with Crippen molar-refractivity contribution < 1.29 is 9.59 Å². The fourth-order valence-electron chi connectivity index (χ4n) is 1.44. The molecule has 0 aliphatic rings. The topological polar surface area (TPSA) is 34.1 Å². The SMILES string of the molecule is O=C(C(=O)c1ccccc1)c1ccccc1.[C]. The molecule has 0 saturated carbocycles. The lowest BCUT2D eigenvalue weighted by Crippen LogP contribution is -2.14. The standard InChI is InChI=1S/C14H10O2.C/c15-13(11-7-3-1-4-8-11)14(16)12-9-5-2-6-10-12;/h1-10H;. The maximum atomic E-state index is 11.8. The Balaban J connectivity index is 0.00000144. The average Bonchev–Trinajstić information content (AvgIpc) is 2.39. The lowest BCUT2D eigenvalue weighted by Gasteiger charge is -1.99. The Morgan fingerprint density at radius 1 is 0.588 bits per heavy atom. The number of ketones is 2. The van der Waals surface area contributed by atoms with Gasteiger partial charge in [0, 0.05) is 18.6 Å². The Labute approximate surface area is 101 Å². The summed E-state index contributed by atoms with van der Waals surface area (Å²) in [4.78, 5) is 23.6. The molecular weight excluding hydrogens is 212 g/mol. The first-order valence-electron chi connectivity index (χ1n) is 4.98. The summed E-state index contributed by atoms with van der Waals surface area (Å²) in [7, 11) is 0. The van der Waals surface area contributed by atoms with Crippen LogP contribution in [0.1, 0.15) is 20.7 Å². The fourth-order valence-corrected chi connectivity index (χ4v) is 1.44. The summed E-state index contributed by atoms with van der Waals surface area (Å²) in [5.74, 6) is -0.932. The second-order valence-electron chi connectivity index (χ2n) is 3.39. The molecule has 0 aliphatic heterocycles. The smallest absolute Gasteiger partial charge is 0.233 e. The summed E-state index contributed by atoms with van der Waals surface area (Å²) >= 11 is 0. The van der Waals surface area contributed by atoms with Gasteiger partial charge in [-0.1, -0.05) is 60.7 Å². The molecule has 2 aromatic rings. The number of hydrogen-bond acceptors (Lipinski definition) is 2. The van der Waals surface area contributed by atoms with E-state index in [1.165, 1.54) is 0 Å². The zero-order valence-corrected chi connectivity index (χ0v) is 9.09. The van der Waals surface area contributed by atoms with Crippen LogP contribution >= 0.6 is 0 Å². The van der Waals surface area contributed by atoms with Crippen LogP contribution in [0.15, 0.2) is 60.7 Å². The van der Waals surface area contributed by atoms with Crippen molar-refractivity contribution in [3.63, 3.8) is 0 Å². The van der Waals surface area contributed by atoms with Gasteiger partial charge in [-0.15, -0.1) is 0 Å². The van der Waals surface area contributed by atoms with Crippen LogP contribution in [0.3, 0.4) is 0 Å². The number of Topliss-reactive ketones (excluding diaryl/α,β-unsaturated/α-hetero) is 2. The van der Waals surface area contributed by atoms with Gasteiger partial charge < -0.3 is 0 Å². The highest BCUT2D eigenvalue weighted by Gasteiger charge is 2.16. The Hall–Kier alpha value is -2.22. The van der Waals surface area contributed by atoms with Crippen LogP contribution in [0.2, 0.25) is 0 Å². The number of benzene rings is 2. The maximum absolute atomic E-state index is 11.8. The fraction of sp³-hybridized carbons (Fsp3) is 0. The van der Waals surface area contributed by atoms with E-state index in [0.717, 1.165) is 0 Å². The number of rotatable bonds is 3. The quantitative estimate of drug-likeness (QED) is 0.591. The molecule has 0 bridgehead atoms. The maximum Gasteiger partial charge on any atom is 0.233 e. The molecule has 0 unspecified atom stereocenters. The van der Waals surface area contributed by atoms with Gasteiger partial charge in [-0.2, -0.15) is 0 Å². The van der Waals surface area contributed by atoms with Crippen molar-refractivity contribution in [1.29, 1.82) is 0 Å². The van der Waals surface area contributed by atoms with Gasteiger partial charge in [-0.25, -0.2) is 0 Å². The molecule has 0 atom stereocenters. The monoisotopic (exact) mass is 222 g/mol. The van der Waals surface area contributed by atoms with Crippen LogP contribution in [-0.4, -0.2) is 11.6 Å². The van der Waals surface area contributed by atoms with Gasteiger partial charge in [0.25, 0.3) is 0 Å². The van der Waals surface area contributed by atoms with Gasteiger partial charge >= 0.3 is 0 Å². The Morgan fingerprint density at radius 3 is 1.18 bits per heavy atom. The highest BCUT2D eigenvalue weighted by molar-refractivity contribution is 6.49. The molecule has 82 valence electrons. The molecule has 0 aliphatic carbocycles. The first-order chi connectivity index (χ1) is 7.79. The van der Waals surface area contributed by atoms with Crippen LogP contribution in [0.4, 0.5) is 0 Å². The molecule has 0 N–H and O–H groups in total. The van der Waals surface area contributed by atoms with Gasteiger partial charge in [0.05, 0.1) is 0 Å². The van der Waals surface area contributed by atoms with Crippen LogP contribution in [0, 0.1) is 7.43 Å². The third kappa shape index (κ3) is 2.88. The molecule has 0 spiro atoms. The predicted molar refractivity (Wildman–Crippen MR) is 64.8 cm³/mol. The zero-order chi connectivity index (χ0) is 11.4. The molecule has 0 aromatic heterocycles. The molecule has 0 saturated heterocycles. The van der Waals surface area contributed by atoms with E-state index >= 15 is 0 Å². The van der Waals surface area contributed by atoms with Crippen LogP contribution in [0.25, 0.3) is 0 Å². The Morgan fingerprint density at radius 2 is 0.882 bits per heavy atom. The lowest BCUT2D eigenvalue weighted by atomic mass is 10.0. The van der Waals surface area contributed by atoms with Crippen molar-refractivity contribution in [2.75, 3.05) is 0 Å². The van der Waals surface area contributed by atoms with Crippen LogP contribution in [-0.2, 0) is 0 Å². The summed E-state index contributed by atoms with van der Waals surface area (Å²) in [6.07, 6.45) is 0. The third-order valence-corrected chi connectivity index (χ3v) is 2.28. The van der Waals surface area contributed by atoms with E-state index in [1.807, 2.05) is 12.1 Å². The lowest BCUT2D eigenvalue weighted by molar-refractivity contribution is 0.0817. The molecule has 4 radical (unpaired) electrons. The predicted octanol–water partition coefficient (Wildman–Crippen LogP) is 2.83. The Kier molecular flexibility index (Phi) is 4.35. The van der Waals surface area contributed by atoms with Gasteiger partial charge in [-0.3, -0.25) is 9.59 Å². The van der Waals surface area contributed by atoms with Crippen molar-refractivity contribution >= 4 is 11.6 Å². The van der Waals surface area contributed by atoms with E-state index in [1.54, 1.807) is 48.5 Å². The molecule has 2 rings (SSSR count). The minimum Gasteiger partial charge on any atom is -0.285 e. The molecule has 0 fully saturated rings. The number of hydrogen-bond donors (Lipinski definition) is 0. The molecular formula is C15H10O2. The molecule has 0 heterocycles. The van der Waals surface area contributed by atoms with Gasteiger partial charge in [0.15, 0.2) is 0 Å². The Bertz CT molecular complexity index is 451. The van der Waals surface area contributed by atoms with E-state index in [-0.39, 0.29) is 7.43 Å². The van der Waals surface area contributed by atoms with Crippen molar-refractivity contribution in [3.05, 3.63) is 79.2 Å². The summed E-state index contributed by atoms with van der Waals surface area (Å²) < 4.78 is 0. The van der Waals surface area contributed by atoms with E-state index in [9.17, 15) is 9.59 Å². The van der Waals surface area contributed by atoms with Crippen molar-refractivity contribution in [2.24, 2.45) is 0 Å². The molecule has 0 amide bonds. The first-order valence-corrected chi connectivity index (χ1v) is 4.98. The summed E-state index contributed by atoms with van der Waals surface area (Å²) in [5.41, 5.74) is 0.854. The summed E-state index contributed by atoms with van der Waals surface area (Å²) in [6.45, 7) is 0. The zero-order valence-electron chi connectivity index (χ0n) is 9.09. The van der Waals surface area contributed by atoms with Crippen molar-refractivity contribution in [3.8, 4) is 0 Å². The van der Waals surface area contributed by atoms with E-state index in [4.69, 9.17) is 0 Å². The average molecular weight is 222 g/mol. The van der Waals surface area contributed by atoms with E-state index in [0.29, 0.717) is 11.1 Å². The van der Waals surface area contributed by atoms with E-state index in [2.05, 4.69) is 0 Å². The van der Waals surface area contributed by atoms with Crippen LogP contribution < -0.4 is 0 Å². The normalized spacial score (nSPS) is 9.18. The largest absolute Gasteiger partial charge is 0.285 e. The molecule has 2 nitrogen and oxygen atoms in total. The van der Waals surface area contributed by atoms with Gasteiger partial charge in [0.2, 0.25) is 11.6 Å². The van der Waals surface area contributed by atoms with Crippen molar-refractivity contribution in [2.45, 2.75) is 0 Å². The third-order valence-electron chi connectivity index (χ3n) is 2.28. The minimum atomic E-state index is -0.466. The van der Waals surface area contributed by atoms with Gasteiger partial charge in [-0.05, 0) is 0 Å². The number of carbonyl (C=O) groups is 2. The molecule has 2 heteroatoms. The first kappa shape index (κ1) is 12.8. The molecule has 17 heavy (non-hydrogen) atoms.